The molecule has 2 aliphatic rings. The molecule has 4 rings (SSSR count). The molecule has 5 nitrogen and oxygen atoms in total. The van der Waals surface area contributed by atoms with Crippen molar-refractivity contribution in [1.29, 1.82) is 0 Å². The van der Waals surface area contributed by atoms with Crippen molar-refractivity contribution in [2.75, 3.05) is 30.7 Å². The molecule has 0 spiro atoms. The van der Waals surface area contributed by atoms with Crippen molar-refractivity contribution < 1.29 is 14.0 Å². The molecule has 1 fully saturated rings. The predicted molar refractivity (Wildman–Crippen MR) is 118 cm³/mol. The minimum atomic E-state index is -0.392. The Morgan fingerprint density at radius 3 is 2.90 bits per heavy atom. The second-order valence-electron chi connectivity index (χ2n) is 7.84. The molecule has 3 amide bonds. The highest BCUT2D eigenvalue weighted by Crippen LogP contribution is 2.38. The highest BCUT2D eigenvalue weighted by atomic mass is 32.2. The molecule has 2 aliphatic heterocycles. The van der Waals surface area contributed by atoms with Crippen LogP contribution in [0.4, 0.5) is 14.9 Å². The Hall–Kier alpha value is -2.54. The molecular weight excluding hydrogens is 401 g/mol. The zero-order valence-corrected chi connectivity index (χ0v) is 17.6. The molecular formula is C23H26FN3O2S. The van der Waals surface area contributed by atoms with Crippen molar-refractivity contribution in [3.05, 3.63) is 65.5 Å². The first-order valence-corrected chi connectivity index (χ1v) is 11.4. The Bertz CT molecular complexity index is 923. The van der Waals surface area contributed by atoms with Crippen LogP contribution in [0, 0.1) is 11.7 Å². The van der Waals surface area contributed by atoms with Crippen molar-refractivity contribution in [2.45, 2.75) is 24.5 Å². The molecule has 2 unspecified atom stereocenters. The molecule has 1 saturated heterocycles. The lowest BCUT2D eigenvalue weighted by molar-refractivity contribution is -0.132. The van der Waals surface area contributed by atoms with Crippen molar-refractivity contribution in [3.63, 3.8) is 0 Å². The third-order valence-corrected chi connectivity index (χ3v) is 6.91. The summed E-state index contributed by atoms with van der Waals surface area (Å²) >= 11 is 1.73. The van der Waals surface area contributed by atoms with Crippen LogP contribution < -0.4 is 10.6 Å². The molecule has 30 heavy (non-hydrogen) atoms. The Kier molecular flexibility index (Phi) is 6.57. The average molecular weight is 428 g/mol. The highest BCUT2D eigenvalue weighted by Gasteiger charge is 2.33. The molecule has 0 saturated carbocycles. The van der Waals surface area contributed by atoms with Gasteiger partial charge in [0.15, 0.2) is 0 Å². The van der Waals surface area contributed by atoms with E-state index in [4.69, 9.17) is 0 Å². The molecule has 0 aromatic heterocycles. The molecule has 2 heterocycles. The summed E-state index contributed by atoms with van der Waals surface area (Å²) in [6, 6.07) is 13.7. The van der Waals surface area contributed by atoms with Gasteiger partial charge in [0.05, 0.1) is 0 Å². The quantitative estimate of drug-likeness (QED) is 0.768. The number of benzene rings is 2. The van der Waals surface area contributed by atoms with E-state index in [9.17, 15) is 14.0 Å². The minimum Gasteiger partial charge on any atom is -0.341 e. The summed E-state index contributed by atoms with van der Waals surface area (Å²) in [5.74, 6) is 0.967. The molecule has 0 aliphatic carbocycles. The van der Waals surface area contributed by atoms with Crippen LogP contribution in [0.2, 0.25) is 0 Å². The molecule has 0 bridgehead atoms. The Labute approximate surface area is 180 Å². The van der Waals surface area contributed by atoms with E-state index in [1.165, 1.54) is 17.7 Å². The van der Waals surface area contributed by atoms with Crippen LogP contribution in [0.15, 0.2) is 48.5 Å². The fourth-order valence-electron chi connectivity index (χ4n) is 4.17. The number of fused-ring (bicyclic) bond motifs is 1. The SMILES string of the molecule is O=C(NCC1CCCN(C(=O)C2SCCc3ccccc32)C1)Nc1cccc(F)c1. The van der Waals surface area contributed by atoms with Gasteiger partial charge in [0.25, 0.3) is 0 Å². The Morgan fingerprint density at radius 1 is 1.17 bits per heavy atom. The summed E-state index contributed by atoms with van der Waals surface area (Å²) in [6.07, 6.45) is 2.92. The summed E-state index contributed by atoms with van der Waals surface area (Å²) in [5, 5.41) is 5.38. The van der Waals surface area contributed by atoms with Crippen molar-refractivity contribution >= 4 is 29.4 Å². The van der Waals surface area contributed by atoms with Crippen LogP contribution in [0.5, 0.6) is 0 Å². The lowest BCUT2D eigenvalue weighted by Gasteiger charge is -2.36. The van der Waals surface area contributed by atoms with Crippen LogP contribution in [0.1, 0.15) is 29.2 Å². The number of urea groups is 1. The maximum atomic E-state index is 13.2. The number of hydrogen-bond donors (Lipinski definition) is 2. The Morgan fingerprint density at radius 2 is 2.03 bits per heavy atom. The molecule has 7 heteroatoms. The Balaban J connectivity index is 1.31. The van der Waals surface area contributed by atoms with Crippen molar-refractivity contribution in [1.82, 2.24) is 10.2 Å². The number of thioether (sulfide) groups is 1. The van der Waals surface area contributed by atoms with E-state index in [1.54, 1.807) is 23.9 Å². The van der Waals surface area contributed by atoms with E-state index in [2.05, 4.69) is 22.8 Å². The van der Waals surface area contributed by atoms with Gasteiger partial charge in [0.2, 0.25) is 5.91 Å². The number of nitrogens with one attached hydrogen (secondary N) is 2. The summed E-state index contributed by atoms with van der Waals surface area (Å²) in [5.41, 5.74) is 2.84. The lowest BCUT2D eigenvalue weighted by atomic mass is 9.96. The zero-order chi connectivity index (χ0) is 20.9. The van der Waals surface area contributed by atoms with E-state index in [0.717, 1.165) is 37.1 Å². The van der Waals surface area contributed by atoms with Gasteiger partial charge in [-0.2, -0.15) is 0 Å². The number of piperidine rings is 1. The maximum Gasteiger partial charge on any atom is 0.319 e. The number of hydrogen-bond acceptors (Lipinski definition) is 3. The number of nitrogens with zero attached hydrogens (tertiary/aromatic N) is 1. The third kappa shape index (κ3) is 4.95. The maximum absolute atomic E-state index is 13.2. The van der Waals surface area contributed by atoms with Gasteiger partial charge in [-0.05, 0) is 60.3 Å². The number of amides is 3. The number of halogens is 1. The second kappa shape index (κ2) is 9.51. The van der Waals surface area contributed by atoms with Gasteiger partial charge < -0.3 is 15.5 Å². The van der Waals surface area contributed by atoms with Gasteiger partial charge >= 0.3 is 6.03 Å². The third-order valence-electron chi connectivity index (χ3n) is 5.68. The molecule has 158 valence electrons. The summed E-state index contributed by atoms with van der Waals surface area (Å²) < 4.78 is 13.2. The number of likely N-dealkylation sites (tertiary alicyclic amines) is 1. The normalized spacial score (nSPS) is 20.9. The lowest BCUT2D eigenvalue weighted by Crippen LogP contribution is -2.45. The molecule has 2 atom stereocenters. The van der Waals surface area contributed by atoms with E-state index >= 15 is 0 Å². The van der Waals surface area contributed by atoms with Crippen molar-refractivity contribution in [2.24, 2.45) is 5.92 Å². The van der Waals surface area contributed by atoms with Gasteiger partial charge in [0.1, 0.15) is 11.1 Å². The number of carbonyl (C=O) groups excluding carboxylic acids is 2. The molecule has 2 aromatic rings. The van der Waals surface area contributed by atoms with Crippen LogP contribution in [-0.2, 0) is 11.2 Å². The van der Waals surface area contributed by atoms with Crippen LogP contribution >= 0.6 is 11.8 Å². The van der Waals surface area contributed by atoms with Gasteiger partial charge in [-0.1, -0.05) is 30.3 Å². The van der Waals surface area contributed by atoms with E-state index in [-0.39, 0.29) is 23.1 Å². The largest absolute Gasteiger partial charge is 0.341 e. The minimum absolute atomic E-state index is 0.127. The molecule has 2 N–H and O–H groups in total. The highest BCUT2D eigenvalue weighted by molar-refractivity contribution is 8.00. The van der Waals surface area contributed by atoms with Gasteiger partial charge in [-0.3, -0.25) is 4.79 Å². The van der Waals surface area contributed by atoms with Gasteiger partial charge in [0, 0.05) is 25.3 Å². The monoisotopic (exact) mass is 427 g/mol. The topological polar surface area (TPSA) is 61.4 Å². The van der Waals surface area contributed by atoms with Crippen LogP contribution in [0.25, 0.3) is 0 Å². The number of rotatable bonds is 4. The smallest absolute Gasteiger partial charge is 0.319 e. The summed E-state index contributed by atoms with van der Waals surface area (Å²) in [7, 11) is 0. The van der Waals surface area contributed by atoms with Gasteiger partial charge in [-0.15, -0.1) is 11.8 Å². The number of aryl methyl sites for hydroxylation is 1. The zero-order valence-electron chi connectivity index (χ0n) is 16.8. The van der Waals surface area contributed by atoms with E-state index in [1.807, 2.05) is 17.0 Å². The fourth-order valence-corrected chi connectivity index (χ4v) is 5.45. The first-order chi connectivity index (χ1) is 14.6. The average Bonchev–Trinajstić information content (AvgIpc) is 2.77. The summed E-state index contributed by atoms with van der Waals surface area (Å²) in [6.45, 7) is 1.90. The molecule has 0 radical (unpaired) electrons. The standard InChI is InChI=1S/C23H26FN3O2S/c24-18-7-3-8-19(13-18)26-23(29)25-14-16-5-4-11-27(15-16)22(28)21-20-9-2-1-6-17(20)10-12-30-21/h1-3,6-9,13,16,21H,4-5,10-12,14-15H2,(H2,25,26,29). The van der Waals surface area contributed by atoms with E-state index < -0.39 is 5.82 Å². The second-order valence-corrected chi connectivity index (χ2v) is 9.05. The first kappa shape index (κ1) is 20.7. The van der Waals surface area contributed by atoms with Crippen LogP contribution in [0.3, 0.4) is 0 Å². The van der Waals surface area contributed by atoms with Crippen LogP contribution in [-0.4, -0.2) is 42.2 Å². The van der Waals surface area contributed by atoms with E-state index in [0.29, 0.717) is 18.8 Å². The summed E-state index contributed by atoms with van der Waals surface area (Å²) in [4.78, 5) is 27.3. The number of carbonyl (C=O) groups is 2. The van der Waals surface area contributed by atoms with Crippen molar-refractivity contribution in [3.8, 4) is 0 Å². The fraction of sp³-hybridized carbons (Fsp3) is 0.391. The predicted octanol–water partition coefficient (Wildman–Crippen LogP) is 4.22. The first-order valence-electron chi connectivity index (χ1n) is 10.4. The molecule has 2 aromatic carbocycles. The number of anilines is 1. The van der Waals surface area contributed by atoms with Gasteiger partial charge in [-0.25, -0.2) is 9.18 Å².